The summed E-state index contributed by atoms with van der Waals surface area (Å²) < 4.78 is 5.40. The van der Waals surface area contributed by atoms with Crippen molar-refractivity contribution in [1.29, 1.82) is 0 Å². The topological polar surface area (TPSA) is 54.0 Å². The number of hydrogen-bond donors (Lipinski definition) is 1. The average molecular weight is 473 g/mol. The molecule has 0 saturated carbocycles. The minimum absolute atomic E-state index is 0.0127. The number of aromatic nitrogens is 3. The number of nitrogens with zero attached hydrogens (tertiary/aromatic N) is 3. The molecule has 1 aliphatic heterocycles. The summed E-state index contributed by atoms with van der Waals surface area (Å²) in [5, 5.41) is 5.06. The molecule has 0 aliphatic carbocycles. The number of nitrogens with one attached hydrogen (secondary N) is 1. The average Bonchev–Trinajstić information content (AvgIpc) is 3.49. The number of thiazole rings is 1. The van der Waals surface area contributed by atoms with Crippen molar-refractivity contribution in [2.45, 2.75) is 12.5 Å². The van der Waals surface area contributed by atoms with Gasteiger partial charge in [0.15, 0.2) is 5.13 Å². The van der Waals surface area contributed by atoms with Crippen LogP contribution in [0.15, 0.2) is 72.4 Å². The van der Waals surface area contributed by atoms with E-state index in [-0.39, 0.29) is 6.04 Å². The molecule has 5 aromatic rings. The summed E-state index contributed by atoms with van der Waals surface area (Å²) in [6.07, 6.45) is 4.56. The first-order valence-corrected chi connectivity index (χ1v) is 12.0. The van der Waals surface area contributed by atoms with Crippen molar-refractivity contribution in [2.75, 3.05) is 18.6 Å². The second-order valence-electron chi connectivity index (χ2n) is 8.08. The number of fused-ring (bicyclic) bond motifs is 3. The molecule has 0 saturated heterocycles. The van der Waals surface area contributed by atoms with Gasteiger partial charge in [0.25, 0.3) is 0 Å². The molecule has 0 spiro atoms. The summed E-state index contributed by atoms with van der Waals surface area (Å²) in [5.74, 6) is 0.845. The maximum atomic E-state index is 6.34. The van der Waals surface area contributed by atoms with E-state index in [0.29, 0.717) is 0 Å². The molecular formula is C26H21ClN4OS. The smallest absolute Gasteiger partial charge is 0.186 e. The Morgan fingerprint density at radius 3 is 2.82 bits per heavy atom. The van der Waals surface area contributed by atoms with Crippen LogP contribution in [-0.2, 0) is 6.42 Å². The van der Waals surface area contributed by atoms with Gasteiger partial charge in [0.1, 0.15) is 5.75 Å². The summed E-state index contributed by atoms with van der Waals surface area (Å²) in [7, 11) is 1.69. The van der Waals surface area contributed by atoms with Crippen LogP contribution in [0, 0.1) is 0 Å². The Bertz CT molecular complexity index is 1430. The quantitative estimate of drug-likeness (QED) is 0.324. The van der Waals surface area contributed by atoms with Gasteiger partial charge in [0.2, 0.25) is 0 Å². The van der Waals surface area contributed by atoms with Gasteiger partial charge in [0, 0.05) is 51.5 Å². The van der Waals surface area contributed by atoms with Crippen molar-refractivity contribution in [3.8, 4) is 17.0 Å². The van der Waals surface area contributed by atoms with Gasteiger partial charge in [-0.15, -0.1) is 11.3 Å². The van der Waals surface area contributed by atoms with Gasteiger partial charge >= 0.3 is 0 Å². The van der Waals surface area contributed by atoms with Gasteiger partial charge in [0.05, 0.1) is 18.8 Å². The summed E-state index contributed by atoms with van der Waals surface area (Å²) >= 11 is 8.01. The molecule has 0 bridgehead atoms. The van der Waals surface area contributed by atoms with E-state index in [1.54, 1.807) is 24.6 Å². The Morgan fingerprint density at radius 1 is 1.15 bits per heavy atom. The van der Waals surface area contributed by atoms with E-state index in [2.05, 4.69) is 44.5 Å². The number of benzene rings is 2. The zero-order chi connectivity index (χ0) is 22.4. The molecule has 4 heterocycles. The number of methoxy groups -OCH3 is 1. The lowest BCUT2D eigenvalue weighted by Gasteiger charge is -2.36. The molecule has 33 heavy (non-hydrogen) atoms. The number of pyridine rings is 1. The summed E-state index contributed by atoms with van der Waals surface area (Å²) in [6, 6.07) is 18.4. The Labute approximate surface area is 200 Å². The number of ether oxygens (including phenoxy) is 1. The number of halogens is 1. The SMILES string of the molecule is COc1ccc(C2c3[nH]c4ccc(Cl)cc4c3CCN2c2nc(-c3cccnc3)cs2)cc1. The highest BCUT2D eigenvalue weighted by Crippen LogP contribution is 2.43. The van der Waals surface area contributed by atoms with Gasteiger partial charge < -0.3 is 14.6 Å². The zero-order valence-corrected chi connectivity index (χ0v) is 19.5. The normalized spacial score (nSPS) is 15.6. The highest BCUT2D eigenvalue weighted by molar-refractivity contribution is 7.14. The molecule has 0 fully saturated rings. The maximum Gasteiger partial charge on any atom is 0.186 e. The first-order chi connectivity index (χ1) is 16.2. The number of anilines is 1. The van der Waals surface area contributed by atoms with Crippen molar-refractivity contribution < 1.29 is 4.74 Å². The first-order valence-electron chi connectivity index (χ1n) is 10.8. The van der Waals surface area contributed by atoms with Gasteiger partial charge in [-0.3, -0.25) is 4.98 Å². The summed E-state index contributed by atoms with van der Waals surface area (Å²) in [4.78, 5) is 15.3. The lowest BCUT2D eigenvalue weighted by atomic mass is 9.92. The van der Waals surface area contributed by atoms with Gasteiger partial charge in [-0.1, -0.05) is 23.7 Å². The number of aromatic amines is 1. The Balaban J connectivity index is 1.48. The van der Waals surface area contributed by atoms with E-state index >= 15 is 0 Å². The highest BCUT2D eigenvalue weighted by atomic mass is 35.5. The van der Waals surface area contributed by atoms with E-state index in [1.165, 1.54) is 22.2 Å². The Kier molecular flexibility index (Phi) is 5.04. The van der Waals surface area contributed by atoms with Crippen LogP contribution >= 0.6 is 22.9 Å². The molecule has 1 aliphatic rings. The zero-order valence-electron chi connectivity index (χ0n) is 18.0. The van der Waals surface area contributed by atoms with Crippen LogP contribution in [0.3, 0.4) is 0 Å². The largest absolute Gasteiger partial charge is 0.497 e. The first kappa shape index (κ1) is 20.3. The Morgan fingerprint density at radius 2 is 2.03 bits per heavy atom. The molecule has 5 nitrogen and oxygen atoms in total. The summed E-state index contributed by atoms with van der Waals surface area (Å²) in [6.45, 7) is 0.864. The molecule has 7 heteroatoms. The molecule has 3 aromatic heterocycles. The van der Waals surface area contributed by atoms with Crippen LogP contribution in [0.2, 0.25) is 5.02 Å². The van der Waals surface area contributed by atoms with E-state index in [0.717, 1.165) is 45.6 Å². The predicted molar refractivity (Wildman–Crippen MR) is 135 cm³/mol. The third-order valence-electron chi connectivity index (χ3n) is 6.22. The molecule has 1 N–H and O–H groups in total. The van der Waals surface area contributed by atoms with Crippen molar-refractivity contribution in [3.63, 3.8) is 0 Å². The maximum absolute atomic E-state index is 6.34. The van der Waals surface area contributed by atoms with Gasteiger partial charge in [-0.2, -0.15) is 0 Å². The predicted octanol–water partition coefficient (Wildman–Crippen LogP) is 6.50. The molecule has 164 valence electrons. The van der Waals surface area contributed by atoms with Crippen LogP contribution in [0.5, 0.6) is 5.75 Å². The van der Waals surface area contributed by atoms with E-state index in [1.807, 2.05) is 36.5 Å². The molecule has 1 atom stereocenters. The minimum atomic E-state index is 0.0127. The molecule has 1 unspecified atom stereocenters. The summed E-state index contributed by atoms with van der Waals surface area (Å²) in [5.41, 5.74) is 6.80. The van der Waals surface area contributed by atoms with Crippen molar-refractivity contribution in [3.05, 3.63) is 94.2 Å². The molecular weight excluding hydrogens is 452 g/mol. The van der Waals surface area contributed by atoms with Crippen LogP contribution in [0.1, 0.15) is 22.9 Å². The van der Waals surface area contributed by atoms with Crippen molar-refractivity contribution in [2.24, 2.45) is 0 Å². The van der Waals surface area contributed by atoms with E-state index in [4.69, 9.17) is 21.3 Å². The molecule has 0 radical (unpaired) electrons. The van der Waals surface area contributed by atoms with Crippen molar-refractivity contribution in [1.82, 2.24) is 15.0 Å². The number of rotatable bonds is 4. The fourth-order valence-corrected chi connectivity index (χ4v) is 5.70. The van der Waals surface area contributed by atoms with E-state index in [9.17, 15) is 0 Å². The second-order valence-corrected chi connectivity index (χ2v) is 9.36. The third kappa shape index (κ3) is 3.56. The monoisotopic (exact) mass is 472 g/mol. The number of hydrogen-bond acceptors (Lipinski definition) is 5. The van der Waals surface area contributed by atoms with Gasteiger partial charge in [-0.05, 0) is 60.0 Å². The van der Waals surface area contributed by atoms with Crippen LogP contribution in [0.25, 0.3) is 22.2 Å². The lowest BCUT2D eigenvalue weighted by Crippen LogP contribution is -2.36. The number of H-pyrrole nitrogens is 1. The van der Waals surface area contributed by atoms with E-state index < -0.39 is 0 Å². The van der Waals surface area contributed by atoms with Crippen LogP contribution in [-0.4, -0.2) is 28.6 Å². The molecule has 6 rings (SSSR count). The van der Waals surface area contributed by atoms with Crippen molar-refractivity contribution >= 4 is 39.0 Å². The molecule has 0 amide bonds. The third-order valence-corrected chi connectivity index (χ3v) is 7.33. The van der Waals surface area contributed by atoms with Crippen LogP contribution in [0.4, 0.5) is 5.13 Å². The van der Waals surface area contributed by atoms with Crippen LogP contribution < -0.4 is 9.64 Å². The fourth-order valence-electron chi connectivity index (χ4n) is 4.64. The fraction of sp³-hybridized carbons (Fsp3) is 0.154. The standard InChI is InChI=1S/C26H21ClN4OS/c1-32-19-7-4-16(5-8-19)25-24-20(21-13-18(27)6-9-22(21)29-24)10-12-31(25)26-30-23(15-33-26)17-3-2-11-28-14-17/h2-9,11,13-15,25,29H,10,12H2,1H3. The van der Waals surface area contributed by atoms with Gasteiger partial charge in [-0.25, -0.2) is 4.98 Å². The second kappa shape index (κ2) is 8.21. The highest BCUT2D eigenvalue weighted by Gasteiger charge is 2.33. The molecule has 2 aromatic carbocycles. The Hall–Kier alpha value is -3.35. The minimum Gasteiger partial charge on any atom is -0.497 e. The lowest BCUT2D eigenvalue weighted by molar-refractivity contribution is 0.414.